The van der Waals surface area contributed by atoms with Crippen molar-refractivity contribution < 1.29 is 19.4 Å². The van der Waals surface area contributed by atoms with Gasteiger partial charge in [0.05, 0.1) is 19.3 Å². The van der Waals surface area contributed by atoms with Crippen molar-refractivity contribution >= 4 is 12.0 Å². The van der Waals surface area contributed by atoms with Gasteiger partial charge in [0.25, 0.3) is 0 Å². The Hall–Kier alpha value is -1.34. The maximum absolute atomic E-state index is 11.9. The number of carboxylic acid groups (broad SMARTS) is 1. The minimum Gasteiger partial charge on any atom is -0.480 e. The number of ether oxygens (including phenoxy) is 1. The predicted molar refractivity (Wildman–Crippen MR) is 95.6 cm³/mol. The molecule has 25 heavy (non-hydrogen) atoms. The van der Waals surface area contributed by atoms with E-state index < -0.39 is 5.97 Å². The summed E-state index contributed by atoms with van der Waals surface area (Å²) < 4.78 is 5.89. The summed E-state index contributed by atoms with van der Waals surface area (Å²) in [6.07, 6.45) is 6.85. The molecular formula is C18H33N3O4. The van der Waals surface area contributed by atoms with Crippen LogP contribution in [0.3, 0.4) is 0 Å². The quantitative estimate of drug-likeness (QED) is 0.549. The van der Waals surface area contributed by atoms with Gasteiger partial charge in [-0.15, -0.1) is 0 Å². The smallest absolute Gasteiger partial charge is 0.317 e. The summed E-state index contributed by atoms with van der Waals surface area (Å²) in [7, 11) is 0. The number of rotatable bonds is 9. The Labute approximate surface area is 150 Å². The monoisotopic (exact) mass is 355 g/mol. The van der Waals surface area contributed by atoms with Crippen molar-refractivity contribution in [3.05, 3.63) is 0 Å². The van der Waals surface area contributed by atoms with Crippen molar-refractivity contribution in [2.24, 2.45) is 5.92 Å². The van der Waals surface area contributed by atoms with Gasteiger partial charge in [0.1, 0.15) is 0 Å². The summed E-state index contributed by atoms with van der Waals surface area (Å²) in [6, 6.07) is 0.222. The Kier molecular flexibility index (Phi) is 7.96. The van der Waals surface area contributed by atoms with Crippen molar-refractivity contribution in [2.75, 3.05) is 26.2 Å². The first kappa shape index (κ1) is 20.0. The number of carboxylic acids is 1. The molecule has 2 atom stereocenters. The minimum absolute atomic E-state index is 0.0665. The van der Waals surface area contributed by atoms with Crippen LogP contribution in [0, 0.1) is 5.92 Å². The highest BCUT2D eigenvalue weighted by atomic mass is 16.5. The van der Waals surface area contributed by atoms with Crippen molar-refractivity contribution in [3.63, 3.8) is 0 Å². The molecule has 2 fully saturated rings. The van der Waals surface area contributed by atoms with Gasteiger partial charge in [-0.25, -0.2) is 4.79 Å². The summed E-state index contributed by atoms with van der Waals surface area (Å²) >= 11 is 0. The van der Waals surface area contributed by atoms with E-state index in [1.54, 1.807) is 0 Å². The SMILES string of the molecule is CCN(CC(=O)O)C1CC(NC(=O)NCCOC2CCCCC2C)C1. The second kappa shape index (κ2) is 9.97. The molecule has 2 aliphatic carbocycles. The molecule has 0 aromatic rings. The number of carbonyl (C=O) groups is 2. The molecule has 0 aromatic carbocycles. The van der Waals surface area contributed by atoms with Crippen LogP contribution in [0.5, 0.6) is 0 Å². The zero-order valence-electron chi connectivity index (χ0n) is 15.5. The van der Waals surface area contributed by atoms with E-state index in [9.17, 15) is 9.59 Å². The fourth-order valence-electron chi connectivity index (χ4n) is 3.82. The van der Waals surface area contributed by atoms with Crippen LogP contribution in [-0.4, -0.2) is 66.4 Å². The van der Waals surface area contributed by atoms with Crippen LogP contribution in [-0.2, 0) is 9.53 Å². The van der Waals surface area contributed by atoms with Gasteiger partial charge in [0.15, 0.2) is 0 Å². The van der Waals surface area contributed by atoms with Crippen molar-refractivity contribution in [2.45, 2.75) is 70.6 Å². The van der Waals surface area contributed by atoms with Gasteiger partial charge < -0.3 is 20.5 Å². The lowest BCUT2D eigenvalue weighted by Crippen LogP contribution is -2.56. The van der Waals surface area contributed by atoms with Gasteiger partial charge in [-0.05, 0) is 38.1 Å². The van der Waals surface area contributed by atoms with E-state index in [0.29, 0.717) is 31.7 Å². The van der Waals surface area contributed by atoms with E-state index in [4.69, 9.17) is 9.84 Å². The molecule has 7 heteroatoms. The number of hydrogen-bond donors (Lipinski definition) is 3. The first-order valence-electron chi connectivity index (χ1n) is 9.61. The number of nitrogens with one attached hydrogen (secondary N) is 2. The van der Waals surface area contributed by atoms with Crippen LogP contribution in [0.2, 0.25) is 0 Å². The van der Waals surface area contributed by atoms with Crippen molar-refractivity contribution in [3.8, 4) is 0 Å². The maximum Gasteiger partial charge on any atom is 0.317 e. The minimum atomic E-state index is -0.803. The molecule has 0 saturated heterocycles. The normalized spacial score (nSPS) is 29.1. The number of likely N-dealkylation sites (N-methyl/N-ethyl adjacent to an activating group) is 1. The van der Waals surface area contributed by atoms with Gasteiger partial charge >= 0.3 is 12.0 Å². The third kappa shape index (κ3) is 6.47. The molecule has 0 spiro atoms. The molecule has 0 aromatic heterocycles. The maximum atomic E-state index is 11.9. The lowest BCUT2D eigenvalue weighted by Gasteiger charge is -2.42. The average Bonchev–Trinajstić information content (AvgIpc) is 2.54. The van der Waals surface area contributed by atoms with Gasteiger partial charge in [-0.3, -0.25) is 9.69 Å². The van der Waals surface area contributed by atoms with E-state index in [2.05, 4.69) is 17.6 Å². The first-order chi connectivity index (χ1) is 12.0. The van der Waals surface area contributed by atoms with Crippen LogP contribution in [0.15, 0.2) is 0 Å². The molecule has 2 saturated carbocycles. The molecule has 2 unspecified atom stereocenters. The zero-order valence-corrected chi connectivity index (χ0v) is 15.5. The summed E-state index contributed by atoms with van der Waals surface area (Å²) in [6.45, 7) is 6.05. The zero-order chi connectivity index (χ0) is 18.2. The van der Waals surface area contributed by atoms with E-state index in [1.165, 1.54) is 19.3 Å². The highest BCUT2D eigenvalue weighted by molar-refractivity contribution is 5.74. The van der Waals surface area contributed by atoms with E-state index in [-0.39, 0.29) is 24.7 Å². The number of carbonyl (C=O) groups excluding carboxylic acids is 1. The molecule has 3 N–H and O–H groups in total. The average molecular weight is 355 g/mol. The highest BCUT2D eigenvalue weighted by Crippen LogP contribution is 2.26. The van der Waals surface area contributed by atoms with Gasteiger partial charge in [-0.2, -0.15) is 0 Å². The molecule has 2 rings (SSSR count). The van der Waals surface area contributed by atoms with E-state index >= 15 is 0 Å². The molecule has 0 aliphatic heterocycles. The summed E-state index contributed by atoms with van der Waals surface area (Å²) in [4.78, 5) is 24.7. The number of hydrogen-bond acceptors (Lipinski definition) is 4. The molecule has 0 bridgehead atoms. The summed E-state index contributed by atoms with van der Waals surface area (Å²) in [5, 5.41) is 14.7. The van der Waals surface area contributed by atoms with Gasteiger partial charge in [-0.1, -0.05) is 26.7 Å². The van der Waals surface area contributed by atoms with Crippen LogP contribution in [0.4, 0.5) is 4.79 Å². The molecule has 0 heterocycles. The standard InChI is InChI=1S/C18H33N3O4/c1-3-21(12-17(22)23)15-10-14(11-15)20-18(24)19-8-9-25-16-7-5-4-6-13(16)2/h13-16H,3-12H2,1-2H3,(H,22,23)(H2,19,20,24). The van der Waals surface area contributed by atoms with Crippen molar-refractivity contribution in [1.29, 1.82) is 0 Å². The van der Waals surface area contributed by atoms with Crippen LogP contribution in [0.1, 0.15) is 52.4 Å². The van der Waals surface area contributed by atoms with Crippen molar-refractivity contribution in [1.82, 2.24) is 15.5 Å². The third-order valence-corrected chi connectivity index (χ3v) is 5.46. The van der Waals surface area contributed by atoms with E-state index in [1.807, 2.05) is 11.8 Å². The van der Waals surface area contributed by atoms with E-state index in [0.717, 1.165) is 19.3 Å². The van der Waals surface area contributed by atoms with Crippen LogP contribution in [0.25, 0.3) is 0 Å². The molecule has 7 nitrogen and oxygen atoms in total. The highest BCUT2D eigenvalue weighted by Gasteiger charge is 2.34. The lowest BCUT2D eigenvalue weighted by atomic mass is 9.85. The molecule has 144 valence electrons. The lowest BCUT2D eigenvalue weighted by molar-refractivity contribution is -0.139. The Balaban J connectivity index is 1.54. The second-order valence-corrected chi connectivity index (χ2v) is 7.35. The molecule has 2 aliphatic rings. The Morgan fingerprint density at radius 2 is 1.96 bits per heavy atom. The molecular weight excluding hydrogens is 322 g/mol. The predicted octanol–water partition coefficient (Wildman–Crippen LogP) is 1.82. The number of aliphatic carboxylic acids is 1. The summed E-state index contributed by atoms with van der Waals surface area (Å²) in [5.74, 6) is -0.190. The van der Waals surface area contributed by atoms with Gasteiger partial charge in [0, 0.05) is 18.6 Å². The first-order valence-corrected chi connectivity index (χ1v) is 9.61. The topological polar surface area (TPSA) is 90.9 Å². The fourth-order valence-corrected chi connectivity index (χ4v) is 3.82. The largest absolute Gasteiger partial charge is 0.480 e. The van der Waals surface area contributed by atoms with Crippen LogP contribution >= 0.6 is 0 Å². The van der Waals surface area contributed by atoms with Gasteiger partial charge in [0.2, 0.25) is 0 Å². The molecule has 0 radical (unpaired) electrons. The fraction of sp³-hybridized carbons (Fsp3) is 0.889. The Bertz CT molecular complexity index is 440. The number of amides is 2. The second-order valence-electron chi connectivity index (χ2n) is 7.35. The Morgan fingerprint density at radius 1 is 1.24 bits per heavy atom. The number of urea groups is 1. The Morgan fingerprint density at radius 3 is 2.60 bits per heavy atom. The molecule has 2 amide bonds. The summed E-state index contributed by atoms with van der Waals surface area (Å²) in [5.41, 5.74) is 0. The van der Waals surface area contributed by atoms with Crippen LogP contribution < -0.4 is 10.6 Å². The third-order valence-electron chi connectivity index (χ3n) is 5.46. The number of nitrogens with zero attached hydrogens (tertiary/aromatic N) is 1.